The number of para-hydroxylation sites is 1. The first kappa shape index (κ1) is 18.3. The predicted molar refractivity (Wildman–Crippen MR) is 91.0 cm³/mol. The highest BCUT2D eigenvalue weighted by atomic mass is 19.1. The smallest absolute Gasteiger partial charge is 0.340 e. The molecule has 130 valence electrons. The largest absolute Gasteiger partial charge is 0.462 e. The first-order valence-corrected chi connectivity index (χ1v) is 7.86. The van der Waals surface area contributed by atoms with Crippen LogP contribution in [0.2, 0.25) is 0 Å². The Morgan fingerprint density at radius 3 is 2.28 bits per heavy atom. The van der Waals surface area contributed by atoms with Crippen LogP contribution in [0, 0.1) is 5.82 Å². The highest BCUT2D eigenvalue weighted by Gasteiger charge is 2.16. The van der Waals surface area contributed by atoms with E-state index in [4.69, 9.17) is 4.74 Å². The summed E-state index contributed by atoms with van der Waals surface area (Å²) in [5, 5.41) is 2.59. The average Bonchev–Trinajstić information content (AvgIpc) is 2.60. The summed E-state index contributed by atoms with van der Waals surface area (Å²) in [5.41, 5.74) is 0.504. The summed E-state index contributed by atoms with van der Waals surface area (Å²) >= 11 is 0. The zero-order chi connectivity index (χ0) is 18.2. The standard InChI is InChI=1S/C19H18FNO4/c1-2-25-19(24)14-8-4-6-10-16(14)21-18(23)12-11-17(22)13-7-3-5-9-15(13)20/h3-10H,2,11-12H2,1H3,(H,21,23). The molecule has 0 saturated carbocycles. The summed E-state index contributed by atoms with van der Waals surface area (Å²) < 4.78 is 18.5. The Morgan fingerprint density at radius 2 is 1.60 bits per heavy atom. The third kappa shape index (κ3) is 4.97. The van der Waals surface area contributed by atoms with Gasteiger partial charge in [0.1, 0.15) is 5.82 Å². The summed E-state index contributed by atoms with van der Waals surface area (Å²) in [6.07, 6.45) is -0.251. The maximum atomic E-state index is 13.6. The van der Waals surface area contributed by atoms with E-state index in [1.807, 2.05) is 0 Å². The van der Waals surface area contributed by atoms with E-state index in [2.05, 4.69) is 5.32 Å². The number of hydrogen-bond donors (Lipinski definition) is 1. The van der Waals surface area contributed by atoms with E-state index in [1.54, 1.807) is 31.2 Å². The van der Waals surface area contributed by atoms with Crippen LogP contribution in [0.25, 0.3) is 0 Å². The molecule has 1 N–H and O–H groups in total. The first-order chi connectivity index (χ1) is 12.0. The van der Waals surface area contributed by atoms with E-state index < -0.39 is 23.5 Å². The number of esters is 1. The number of carbonyl (C=O) groups excluding carboxylic acids is 3. The van der Waals surface area contributed by atoms with E-state index in [9.17, 15) is 18.8 Å². The fourth-order valence-corrected chi connectivity index (χ4v) is 2.24. The van der Waals surface area contributed by atoms with Crippen molar-refractivity contribution in [3.63, 3.8) is 0 Å². The van der Waals surface area contributed by atoms with E-state index in [0.717, 1.165) is 0 Å². The molecule has 2 rings (SSSR count). The van der Waals surface area contributed by atoms with Gasteiger partial charge in [-0.3, -0.25) is 9.59 Å². The summed E-state index contributed by atoms with van der Waals surface area (Å²) in [6, 6.07) is 12.1. The van der Waals surface area contributed by atoms with E-state index in [1.165, 1.54) is 24.3 Å². The van der Waals surface area contributed by atoms with Crippen LogP contribution in [0.3, 0.4) is 0 Å². The Balaban J connectivity index is 1.98. The van der Waals surface area contributed by atoms with Gasteiger partial charge in [0, 0.05) is 12.8 Å². The molecule has 0 atom stereocenters. The zero-order valence-corrected chi connectivity index (χ0v) is 13.8. The second-order valence-corrected chi connectivity index (χ2v) is 5.22. The molecular formula is C19H18FNO4. The van der Waals surface area contributed by atoms with E-state index in [-0.39, 0.29) is 30.6 Å². The van der Waals surface area contributed by atoms with Crippen LogP contribution >= 0.6 is 0 Å². The molecule has 25 heavy (non-hydrogen) atoms. The van der Waals surface area contributed by atoms with Crippen LogP contribution in [0.1, 0.15) is 40.5 Å². The summed E-state index contributed by atoms with van der Waals surface area (Å²) in [6.45, 7) is 1.91. The van der Waals surface area contributed by atoms with E-state index in [0.29, 0.717) is 5.69 Å². The molecule has 0 aromatic heterocycles. The number of amides is 1. The molecule has 0 fully saturated rings. The molecule has 2 aromatic rings. The molecule has 2 aromatic carbocycles. The lowest BCUT2D eigenvalue weighted by Gasteiger charge is -2.10. The number of hydrogen-bond acceptors (Lipinski definition) is 4. The number of nitrogens with one attached hydrogen (secondary N) is 1. The molecule has 0 heterocycles. The van der Waals surface area contributed by atoms with Crippen molar-refractivity contribution in [3.8, 4) is 0 Å². The van der Waals surface area contributed by atoms with Crippen LogP contribution in [-0.2, 0) is 9.53 Å². The molecule has 0 aliphatic rings. The van der Waals surface area contributed by atoms with Crippen molar-refractivity contribution in [2.45, 2.75) is 19.8 Å². The second kappa shape index (κ2) is 8.73. The Labute approximate surface area is 144 Å². The van der Waals surface area contributed by atoms with Gasteiger partial charge in [-0.1, -0.05) is 24.3 Å². The first-order valence-electron chi connectivity index (χ1n) is 7.86. The predicted octanol–water partition coefficient (Wildman–Crippen LogP) is 3.60. The molecular weight excluding hydrogens is 325 g/mol. The Bertz CT molecular complexity index is 788. The van der Waals surface area contributed by atoms with Gasteiger partial charge in [-0.2, -0.15) is 0 Å². The minimum absolute atomic E-state index is 0.0396. The SMILES string of the molecule is CCOC(=O)c1ccccc1NC(=O)CCC(=O)c1ccccc1F. The lowest BCUT2D eigenvalue weighted by atomic mass is 10.1. The van der Waals surface area contributed by atoms with Gasteiger partial charge in [-0.15, -0.1) is 0 Å². The van der Waals surface area contributed by atoms with Crippen molar-refractivity contribution in [2.75, 3.05) is 11.9 Å². The molecule has 0 radical (unpaired) electrons. The van der Waals surface area contributed by atoms with Gasteiger partial charge in [-0.05, 0) is 31.2 Å². The van der Waals surface area contributed by atoms with Crippen molar-refractivity contribution < 1.29 is 23.5 Å². The fraction of sp³-hybridized carbons (Fsp3) is 0.211. The molecule has 5 nitrogen and oxygen atoms in total. The molecule has 6 heteroatoms. The normalized spacial score (nSPS) is 10.2. The molecule has 0 bridgehead atoms. The zero-order valence-electron chi connectivity index (χ0n) is 13.8. The van der Waals surface area contributed by atoms with Gasteiger partial charge in [0.15, 0.2) is 5.78 Å². The van der Waals surface area contributed by atoms with Crippen LogP contribution in [-0.4, -0.2) is 24.3 Å². The van der Waals surface area contributed by atoms with Crippen LogP contribution in [0.5, 0.6) is 0 Å². The molecule has 0 aliphatic carbocycles. The molecule has 0 saturated heterocycles. The third-order valence-corrected chi connectivity index (χ3v) is 3.45. The van der Waals surface area contributed by atoms with Gasteiger partial charge in [0.05, 0.1) is 23.4 Å². The second-order valence-electron chi connectivity index (χ2n) is 5.22. The number of rotatable bonds is 7. The Hall–Kier alpha value is -3.02. The highest BCUT2D eigenvalue weighted by molar-refractivity contribution is 6.03. The number of ketones is 1. The lowest BCUT2D eigenvalue weighted by molar-refractivity contribution is -0.116. The van der Waals surface area contributed by atoms with Gasteiger partial charge in [-0.25, -0.2) is 9.18 Å². The Kier molecular flexibility index (Phi) is 6.39. The summed E-state index contributed by atoms with van der Waals surface area (Å²) in [5.74, 6) is -2.05. The van der Waals surface area contributed by atoms with Crippen LogP contribution < -0.4 is 5.32 Å². The van der Waals surface area contributed by atoms with E-state index >= 15 is 0 Å². The molecule has 0 aliphatic heterocycles. The number of Topliss-reactive ketones (excluding diaryl/α,β-unsaturated/α-hetero) is 1. The Morgan fingerprint density at radius 1 is 0.960 bits per heavy atom. The summed E-state index contributed by atoms with van der Waals surface area (Å²) in [7, 11) is 0. The van der Waals surface area contributed by atoms with Crippen molar-refractivity contribution >= 4 is 23.3 Å². The van der Waals surface area contributed by atoms with Gasteiger partial charge in [0.2, 0.25) is 5.91 Å². The fourth-order valence-electron chi connectivity index (χ4n) is 2.24. The maximum absolute atomic E-state index is 13.6. The van der Waals surface area contributed by atoms with Gasteiger partial charge >= 0.3 is 5.97 Å². The average molecular weight is 343 g/mol. The number of benzene rings is 2. The van der Waals surface area contributed by atoms with Crippen molar-refractivity contribution in [2.24, 2.45) is 0 Å². The monoisotopic (exact) mass is 343 g/mol. The molecule has 0 unspecified atom stereocenters. The quantitative estimate of drug-likeness (QED) is 0.616. The van der Waals surface area contributed by atoms with Crippen molar-refractivity contribution in [3.05, 3.63) is 65.5 Å². The van der Waals surface area contributed by atoms with Crippen LogP contribution in [0.15, 0.2) is 48.5 Å². The van der Waals surface area contributed by atoms with Gasteiger partial charge < -0.3 is 10.1 Å². The van der Waals surface area contributed by atoms with Crippen LogP contribution in [0.4, 0.5) is 10.1 Å². The maximum Gasteiger partial charge on any atom is 0.340 e. The number of ether oxygens (including phenoxy) is 1. The third-order valence-electron chi connectivity index (χ3n) is 3.45. The number of halogens is 1. The lowest BCUT2D eigenvalue weighted by Crippen LogP contribution is -2.17. The number of carbonyl (C=O) groups is 3. The number of anilines is 1. The van der Waals surface area contributed by atoms with Gasteiger partial charge in [0.25, 0.3) is 0 Å². The van der Waals surface area contributed by atoms with Crippen molar-refractivity contribution in [1.29, 1.82) is 0 Å². The molecule has 0 spiro atoms. The minimum Gasteiger partial charge on any atom is -0.462 e. The highest BCUT2D eigenvalue weighted by Crippen LogP contribution is 2.17. The molecule has 1 amide bonds. The minimum atomic E-state index is -0.611. The van der Waals surface area contributed by atoms with Crippen molar-refractivity contribution in [1.82, 2.24) is 0 Å². The summed E-state index contributed by atoms with van der Waals surface area (Å²) in [4.78, 5) is 35.9. The topological polar surface area (TPSA) is 72.5 Å².